The minimum atomic E-state index is 0.117. The van der Waals surface area contributed by atoms with Crippen LogP contribution < -0.4 is 4.74 Å². The molecule has 1 aromatic rings. The second kappa shape index (κ2) is 4.65. The fourth-order valence-corrected chi connectivity index (χ4v) is 1.97. The van der Waals surface area contributed by atoms with E-state index in [1.165, 1.54) is 0 Å². The van der Waals surface area contributed by atoms with Gasteiger partial charge < -0.3 is 9.47 Å². The zero-order chi connectivity index (χ0) is 10.7. The van der Waals surface area contributed by atoms with E-state index in [-0.39, 0.29) is 6.10 Å². The van der Waals surface area contributed by atoms with Crippen molar-refractivity contribution in [3.05, 3.63) is 28.2 Å². The van der Waals surface area contributed by atoms with E-state index in [9.17, 15) is 0 Å². The van der Waals surface area contributed by atoms with Crippen LogP contribution in [0.15, 0.2) is 22.7 Å². The van der Waals surface area contributed by atoms with E-state index >= 15 is 0 Å². The van der Waals surface area contributed by atoms with E-state index in [0.29, 0.717) is 12.2 Å². The smallest absolute Gasteiger partial charge is 0.124 e. The molecule has 1 aliphatic heterocycles. The molecule has 0 amide bonds. The van der Waals surface area contributed by atoms with Crippen molar-refractivity contribution in [1.29, 1.82) is 5.26 Å². The van der Waals surface area contributed by atoms with Crippen LogP contribution in [0, 0.1) is 11.3 Å². The highest BCUT2D eigenvalue weighted by molar-refractivity contribution is 9.10. The molecule has 3 nitrogen and oxygen atoms in total. The number of rotatable bonds is 2. The fraction of sp³-hybridized carbons (Fsp3) is 0.364. The maximum atomic E-state index is 8.80. The zero-order valence-corrected chi connectivity index (χ0v) is 9.66. The molecule has 2 rings (SSSR count). The molecule has 0 bridgehead atoms. The van der Waals surface area contributed by atoms with Gasteiger partial charge in [0.2, 0.25) is 0 Å². The molecule has 78 valence electrons. The zero-order valence-electron chi connectivity index (χ0n) is 8.07. The SMILES string of the molecule is N#Cc1cc(Br)cc(OC2CCOC2)c1. The molecule has 15 heavy (non-hydrogen) atoms. The molecular weight excluding hydrogens is 258 g/mol. The quantitative estimate of drug-likeness (QED) is 0.827. The van der Waals surface area contributed by atoms with Gasteiger partial charge in [-0.3, -0.25) is 0 Å². The normalized spacial score (nSPS) is 19.9. The van der Waals surface area contributed by atoms with Gasteiger partial charge in [-0.05, 0) is 18.2 Å². The van der Waals surface area contributed by atoms with Gasteiger partial charge in [-0.2, -0.15) is 5.26 Å². The maximum absolute atomic E-state index is 8.80. The summed E-state index contributed by atoms with van der Waals surface area (Å²) in [5.41, 5.74) is 0.596. The van der Waals surface area contributed by atoms with E-state index < -0.39 is 0 Å². The van der Waals surface area contributed by atoms with Crippen molar-refractivity contribution in [1.82, 2.24) is 0 Å². The van der Waals surface area contributed by atoms with Crippen molar-refractivity contribution in [2.45, 2.75) is 12.5 Å². The average molecular weight is 268 g/mol. The Morgan fingerprint density at radius 1 is 1.47 bits per heavy atom. The molecule has 1 fully saturated rings. The van der Waals surface area contributed by atoms with E-state index in [4.69, 9.17) is 14.7 Å². The Morgan fingerprint density at radius 2 is 2.33 bits per heavy atom. The first-order chi connectivity index (χ1) is 7.28. The third kappa shape index (κ3) is 2.71. The highest BCUT2D eigenvalue weighted by atomic mass is 79.9. The second-order valence-corrected chi connectivity index (χ2v) is 4.31. The summed E-state index contributed by atoms with van der Waals surface area (Å²) in [4.78, 5) is 0. The van der Waals surface area contributed by atoms with Crippen molar-refractivity contribution in [2.24, 2.45) is 0 Å². The van der Waals surface area contributed by atoms with Gasteiger partial charge >= 0.3 is 0 Å². The summed E-state index contributed by atoms with van der Waals surface area (Å²) in [7, 11) is 0. The van der Waals surface area contributed by atoms with Crippen LogP contribution in [0.1, 0.15) is 12.0 Å². The summed E-state index contributed by atoms with van der Waals surface area (Å²) in [5, 5.41) is 8.80. The molecule has 0 radical (unpaired) electrons. The largest absolute Gasteiger partial charge is 0.488 e. The first-order valence-electron chi connectivity index (χ1n) is 4.73. The van der Waals surface area contributed by atoms with Crippen molar-refractivity contribution in [3.63, 3.8) is 0 Å². The predicted molar refractivity (Wildman–Crippen MR) is 58.7 cm³/mol. The van der Waals surface area contributed by atoms with Gasteiger partial charge in [0.25, 0.3) is 0 Å². The summed E-state index contributed by atoms with van der Waals surface area (Å²) in [6, 6.07) is 7.45. The highest BCUT2D eigenvalue weighted by Gasteiger charge is 2.17. The van der Waals surface area contributed by atoms with Crippen molar-refractivity contribution in [3.8, 4) is 11.8 Å². The number of benzene rings is 1. The number of halogens is 1. The molecule has 1 atom stereocenters. The summed E-state index contributed by atoms with van der Waals surface area (Å²) >= 11 is 3.34. The van der Waals surface area contributed by atoms with Gasteiger partial charge in [-0.1, -0.05) is 15.9 Å². The minimum Gasteiger partial charge on any atom is -0.488 e. The maximum Gasteiger partial charge on any atom is 0.124 e. The number of nitriles is 1. The molecule has 0 aliphatic carbocycles. The Morgan fingerprint density at radius 3 is 3.00 bits per heavy atom. The van der Waals surface area contributed by atoms with Crippen LogP contribution in [0.5, 0.6) is 5.75 Å². The van der Waals surface area contributed by atoms with Crippen molar-refractivity contribution in [2.75, 3.05) is 13.2 Å². The van der Waals surface area contributed by atoms with Crippen LogP contribution in [0.2, 0.25) is 0 Å². The fourth-order valence-electron chi connectivity index (χ4n) is 1.49. The number of ether oxygens (including phenoxy) is 2. The molecule has 1 unspecified atom stereocenters. The standard InChI is InChI=1S/C11H10BrNO2/c12-9-3-8(6-13)4-11(5-9)15-10-1-2-14-7-10/h3-5,10H,1-2,7H2. The van der Waals surface area contributed by atoms with Crippen LogP contribution in [0.25, 0.3) is 0 Å². The lowest BCUT2D eigenvalue weighted by molar-refractivity contribution is 0.141. The molecule has 0 aromatic heterocycles. The monoisotopic (exact) mass is 267 g/mol. The van der Waals surface area contributed by atoms with Crippen LogP contribution in [-0.2, 0) is 4.74 Å². The third-order valence-corrected chi connectivity index (χ3v) is 2.65. The summed E-state index contributed by atoms with van der Waals surface area (Å²) < 4.78 is 11.8. The minimum absolute atomic E-state index is 0.117. The Hall–Kier alpha value is -1.05. The predicted octanol–water partition coefficient (Wildman–Crippen LogP) is 2.49. The van der Waals surface area contributed by atoms with E-state index in [1.54, 1.807) is 12.1 Å². The van der Waals surface area contributed by atoms with Gasteiger partial charge in [-0.15, -0.1) is 0 Å². The molecular formula is C11H10BrNO2. The van der Waals surface area contributed by atoms with Crippen LogP contribution in [0.3, 0.4) is 0 Å². The van der Waals surface area contributed by atoms with Crippen molar-refractivity contribution < 1.29 is 9.47 Å². The second-order valence-electron chi connectivity index (χ2n) is 3.39. The lowest BCUT2D eigenvalue weighted by Gasteiger charge is -2.12. The molecule has 1 aliphatic rings. The molecule has 4 heteroatoms. The molecule has 1 aromatic carbocycles. The van der Waals surface area contributed by atoms with Gasteiger partial charge in [0.1, 0.15) is 11.9 Å². The number of hydrogen-bond donors (Lipinski definition) is 0. The number of nitrogens with zero attached hydrogens (tertiary/aromatic N) is 1. The summed E-state index contributed by atoms with van der Waals surface area (Å²) in [6.07, 6.45) is 1.03. The third-order valence-electron chi connectivity index (χ3n) is 2.19. The van der Waals surface area contributed by atoms with Gasteiger partial charge in [0.15, 0.2) is 0 Å². The summed E-state index contributed by atoms with van der Waals surface area (Å²) in [6.45, 7) is 1.39. The highest BCUT2D eigenvalue weighted by Crippen LogP contribution is 2.23. The van der Waals surface area contributed by atoms with E-state index in [0.717, 1.165) is 23.2 Å². The van der Waals surface area contributed by atoms with Crippen molar-refractivity contribution >= 4 is 15.9 Å². The van der Waals surface area contributed by atoms with Crippen LogP contribution in [0.4, 0.5) is 0 Å². The van der Waals surface area contributed by atoms with E-state index in [2.05, 4.69) is 22.0 Å². The van der Waals surface area contributed by atoms with E-state index in [1.807, 2.05) is 6.07 Å². The molecule has 0 spiro atoms. The lowest BCUT2D eigenvalue weighted by Crippen LogP contribution is -2.15. The first-order valence-corrected chi connectivity index (χ1v) is 5.52. The lowest BCUT2D eigenvalue weighted by atomic mass is 10.2. The molecule has 1 heterocycles. The van der Waals surface area contributed by atoms with Gasteiger partial charge in [0, 0.05) is 10.9 Å². The molecule has 0 saturated carbocycles. The first kappa shape index (κ1) is 10.5. The Kier molecular flexibility index (Phi) is 3.24. The van der Waals surface area contributed by atoms with Gasteiger partial charge in [-0.25, -0.2) is 0 Å². The topological polar surface area (TPSA) is 42.2 Å². The van der Waals surface area contributed by atoms with Gasteiger partial charge in [0.05, 0.1) is 24.8 Å². The number of hydrogen-bond acceptors (Lipinski definition) is 3. The average Bonchev–Trinajstić information content (AvgIpc) is 2.69. The Bertz CT molecular complexity index is 394. The Balaban J connectivity index is 2.13. The molecule has 0 N–H and O–H groups in total. The van der Waals surface area contributed by atoms with Crippen LogP contribution >= 0.6 is 15.9 Å². The summed E-state index contributed by atoms with van der Waals surface area (Å²) in [5.74, 6) is 0.719. The Labute approximate surface area is 96.7 Å². The van der Waals surface area contributed by atoms with Crippen LogP contribution in [-0.4, -0.2) is 19.3 Å². The molecule has 1 saturated heterocycles.